The van der Waals surface area contributed by atoms with Crippen LogP contribution in [0.15, 0.2) is 57.9 Å². The molecule has 0 aliphatic carbocycles. The first-order valence-corrected chi connectivity index (χ1v) is 9.21. The summed E-state index contributed by atoms with van der Waals surface area (Å²) >= 11 is 3.35. The summed E-state index contributed by atoms with van der Waals surface area (Å²) in [5.74, 6) is 0.512. The van der Waals surface area contributed by atoms with Gasteiger partial charge in [0, 0.05) is 12.1 Å². The Morgan fingerprint density at radius 1 is 1.18 bits per heavy atom. The van der Waals surface area contributed by atoms with E-state index in [1.807, 2.05) is 44.2 Å². The molecule has 4 nitrogen and oxygen atoms in total. The van der Waals surface area contributed by atoms with Crippen LogP contribution >= 0.6 is 15.9 Å². The fourth-order valence-corrected chi connectivity index (χ4v) is 3.64. The lowest BCUT2D eigenvalue weighted by Crippen LogP contribution is -2.26. The molecular weight excluding hydrogens is 366 g/mol. The van der Waals surface area contributed by atoms with Crippen LogP contribution in [0.2, 0.25) is 0 Å². The van der Waals surface area contributed by atoms with Crippen molar-refractivity contribution in [1.29, 1.82) is 0 Å². The molecule has 0 amide bonds. The van der Waals surface area contributed by atoms with E-state index in [1.165, 1.54) is 6.07 Å². The molecule has 0 saturated carbocycles. The molecule has 0 aromatic heterocycles. The molecule has 2 aromatic carbocycles. The standard InChI is InChI=1S/C16H18BrNO3S/c1-3-21-16-11-14(9-10-15(16)17)22(19,20)18-12(2)13-7-5-4-6-8-13/h4-12,18H,3H2,1-2H3/t12-/m1/s1. The first-order valence-electron chi connectivity index (χ1n) is 6.93. The largest absolute Gasteiger partial charge is 0.493 e. The minimum Gasteiger partial charge on any atom is -0.493 e. The molecule has 0 aliphatic rings. The lowest BCUT2D eigenvalue weighted by molar-refractivity contribution is 0.337. The van der Waals surface area contributed by atoms with E-state index >= 15 is 0 Å². The highest BCUT2D eigenvalue weighted by atomic mass is 79.9. The van der Waals surface area contributed by atoms with Gasteiger partial charge in [0.1, 0.15) is 5.75 Å². The highest BCUT2D eigenvalue weighted by molar-refractivity contribution is 9.10. The van der Waals surface area contributed by atoms with Crippen LogP contribution in [0.1, 0.15) is 25.5 Å². The highest BCUT2D eigenvalue weighted by Gasteiger charge is 2.19. The topological polar surface area (TPSA) is 55.4 Å². The third-order valence-corrected chi connectivity index (χ3v) is 5.34. The maximum Gasteiger partial charge on any atom is 0.241 e. The Balaban J connectivity index is 2.25. The Labute approximate surface area is 139 Å². The second-order valence-electron chi connectivity index (χ2n) is 4.78. The number of benzene rings is 2. The van der Waals surface area contributed by atoms with Gasteiger partial charge in [-0.3, -0.25) is 0 Å². The molecule has 22 heavy (non-hydrogen) atoms. The van der Waals surface area contributed by atoms with Crippen LogP contribution in [0, 0.1) is 0 Å². The molecule has 0 fully saturated rings. The molecule has 0 radical (unpaired) electrons. The maximum atomic E-state index is 12.5. The monoisotopic (exact) mass is 383 g/mol. The van der Waals surface area contributed by atoms with E-state index in [9.17, 15) is 8.42 Å². The van der Waals surface area contributed by atoms with E-state index in [1.54, 1.807) is 12.1 Å². The van der Waals surface area contributed by atoms with Gasteiger partial charge in [0.05, 0.1) is 16.0 Å². The summed E-state index contributed by atoms with van der Waals surface area (Å²) in [7, 11) is -3.62. The summed E-state index contributed by atoms with van der Waals surface area (Å²) in [6.45, 7) is 4.13. The minimum absolute atomic E-state index is 0.182. The summed E-state index contributed by atoms with van der Waals surface area (Å²) in [5.41, 5.74) is 0.910. The smallest absolute Gasteiger partial charge is 0.241 e. The quantitative estimate of drug-likeness (QED) is 0.822. The van der Waals surface area contributed by atoms with Crippen molar-refractivity contribution in [2.75, 3.05) is 6.61 Å². The Morgan fingerprint density at radius 2 is 1.86 bits per heavy atom. The van der Waals surface area contributed by atoms with Crippen molar-refractivity contribution in [1.82, 2.24) is 4.72 Å². The van der Waals surface area contributed by atoms with Crippen molar-refractivity contribution in [3.05, 3.63) is 58.6 Å². The molecule has 0 bridgehead atoms. The van der Waals surface area contributed by atoms with Gasteiger partial charge in [-0.05, 0) is 47.5 Å². The Bertz CT molecular complexity index is 732. The molecule has 1 N–H and O–H groups in total. The normalized spacial score (nSPS) is 12.9. The summed E-state index contributed by atoms with van der Waals surface area (Å²) in [4.78, 5) is 0.182. The van der Waals surface area contributed by atoms with Gasteiger partial charge < -0.3 is 4.74 Å². The fourth-order valence-electron chi connectivity index (χ4n) is 2.03. The first-order chi connectivity index (χ1) is 10.4. The Morgan fingerprint density at radius 3 is 2.50 bits per heavy atom. The number of nitrogens with one attached hydrogen (secondary N) is 1. The van der Waals surface area contributed by atoms with Gasteiger partial charge in [-0.2, -0.15) is 0 Å². The third-order valence-electron chi connectivity index (χ3n) is 3.14. The van der Waals surface area contributed by atoms with E-state index in [-0.39, 0.29) is 10.9 Å². The minimum atomic E-state index is -3.62. The fraction of sp³-hybridized carbons (Fsp3) is 0.250. The maximum absolute atomic E-state index is 12.5. The molecule has 2 aromatic rings. The van der Waals surface area contributed by atoms with Crippen molar-refractivity contribution in [2.24, 2.45) is 0 Å². The zero-order valence-corrected chi connectivity index (χ0v) is 14.8. The average Bonchev–Trinajstić information content (AvgIpc) is 2.50. The van der Waals surface area contributed by atoms with Crippen LogP contribution in [-0.4, -0.2) is 15.0 Å². The van der Waals surface area contributed by atoms with E-state index in [0.29, 0.717) is 12.4 Å². The van der Waals surface area contributed by atoms with E-state index in [0.717, 1.165) is 10.0 Å². The summed E-state index contributed by atoms with van der Waals surface area (Å²) < 4.78 is 33.8. The van der Waals surface area contributed by atoms with Crippen LogP contribution in [0.25, 0.3) is 0 Å². The van der Waals surface area contributed by atoms with Gasteiger partial charge in [0.25, 0.3) is 0 Å². The van der Waals surface area contributed by atoms with Crippen LogP contribution in [-0.2, 0) is 10.0 Å². The molecule has 0 saturated heterocycles. The predicted octanol–water partition coefficient (Wildman–Crippen LogP) is 3.89. The van der Waals surface area contributed by atoms with Gasteiger partial charge in [0.2, 0.25) is 10.0 Å². The van der Waals surface area contributed by atoms with Crippen LogP contribution < -0.4 is 9.46 Å². The second kappa shape index (κ2) is 7.26. The molecule has 0 spiro atoms. The van der Waals surface area contributed by atoms with Gasteiger partial charge in [0.15, 0.2) is 0 Å². The van der Waals surface area contributed by atoms with Crippen LogP contribution in [0.5, 0.6) is 5.75 Å². The van der Waals surface area contributed by atoms with Crippen molar-refractivity contribution in [3.8, 4) is 5.75 Å². The highest BCUT2D eigenvalue weighted by Crippen LogP contribution is 2.28. The number of rotatable bonds is 6. The Hall–Kier alpha value is -1.37. The lowest BCUT2D eigenvalue weighted by atomic mass is 10.1. The SMILES string of the molecule is CCOc1cc(S(=O)(=O)N[C@H](C)c2ccccc2)ccc1Br. The second-order valence-corrected chi connectivity index (χ2v) is 7.35. The molecule has 0 heterocycles. The van der Waals surface area contributed by atoms with Crippen LogP contribution in [0.4, 0.5) is 0 Å². The number of hydrogen-bond donors (Lipinski definition) is 1. The molecule has 6 heteroatoms. The molecule has 2 rings (SSSR count). The number of halogens is 1. The molecule has 118 valence electrons. The van der Waals surface area contributed by atoms with Crippen molar-refractivity contribution < 1.29 is 13.2 Å². The molecule has 0 aliphatic heterocycles. The van der Waals surface area contributed by atoms with Crippen molar-refractivity contribution in [2.45, 2.75) is 24.8 Å². The summed E-state index contributed by atoms with van der Waals surface area (Å²) in [6, 6.07) is 13.9. The molecule has 1 atom stereocenters. The van der Waals surface area contributed by atoms with Crippen molar-refractivity contribution in [3.63, 3.8) is 0 Å². The summed E-state index contributed by atoms with van der Waals surface area (Å²) in [5, 5.41) is 0. The van der Waals surface area contributed by atoms with Crippen molar-refractivity contribution >= 4 is 26.0 Å². The number of ether oxygens (including phenoxy) is 1. The van der Waals surface area contributed by atoms with Crippen LogP contribution in [0.3, 0.4) is 0 Å². The van der Waals surface area contributed by atoms with Gasteiger partial charge in [-0.25, -0.2) is 13.1 Å². The molecule has 0 unspecified atom stereocenters. The van der Waals surface area contributed by atoms with E-state index < -0.39 is 10.0 Å². The number of hydrogen-bond acceptors (Lipinski definition) is 3. The zero-order chi connectivity index (χ0) is 16.2. The van der Waals surface area contributed by atoms with E-state index in [4.69, 9.17) is 4.74 Å². The molecular formula is C16H18BrNO3S. The van der Waals surface area contributed by atoms with Gasteiger partial charge >= 0.3 is 0 Å². The zero-order valence-electron chi connectivity index (χ0n) is 12.4. The predicted molar refractivity (Wildman–Crippen MR) is 90.5 cm³/mol. The van der Waals surface area contributed by atoms with E-state index in [2.05, 4.69) is 20.7 Å². The third kappa shape index (κ3) is 4.09. The summed E-state index contributed by atoms with van der Waals surface area (Å²) in [6.07, 6.45) is 0. The lowest BCUT2D eigenvalue weighted by Gasteiger charge is -2.15. The number of sulfonamides is 1. The average molecular weight is 384 g/mol. The van der Waals surface area contributed by atoms with Gasteiger partial charge in [-0.1, -0.05) is 30.3 Å². The van der Waals surface area contributed by atoms with Gasteiger partial charge in [-0.15, -0.1) is 0 Å². The first kappa shape index (κ1) is 17.0. The Kier molecular flexibility index (Phi) is 5.61.